The molecule has 0 radical (unpaired) electrons. The molecule has 0 aromatic rings. The summed E-state index contributed by atoms with van der Waals surface area (Å²) in [6, 6.07) is 0. The lowest BCUT2D eigenvalue weighted by Crippen LogP contribution is -2.70. The van der Waals surface area contributed by atoms with Gasteiger partial charge in [0.25, 0.3) is 0 Å². The average Bonchev–Trinajstić information content (AvgIpc) is 2.88. The fourth-order valence-electron chi connectivity index (χ4n) is 7.14. The van der Waals surface area contributed by atoms with Gasteiger partial charge < -0.3 is 15.3 Å². The first-order valence-corrected chi connectivity index (χ1v) is 11.3. The standard InChI is InChI=1S/C22H28F2O5S/c1-11-6-13-14-8-16(23)15-7-12(26)4-5-19(15,2)21(14,24)17(27)9-20(13,3)22(11,29)18(28)30-10-25/h4-5,7,11,13-14,16-17,25,27,29H,6,8-10H2,1-3H3/t11-,13+,14+,16+,17+,19+,20+,21+,22-/m1/s1. The van der Waals surface area contributed by atoms with Crippen molar-refractivity contribution in [2.75, 3.05) is 5.94 Å². The van der Waals surface area contributed by atoms with Gasteiger partial charge in [-0.15, -0.1) is 0 Å². The first-order chi connectivity index (χ1) is 13.9. The largest absolute Gasteiger partial charge is 0.390 e. The van der Waals surface area contributed by atoms with Crippen LogP contribution in [-0.2, 0) is 9.59 Å². The zero-order chi connectivity index (χ0) is 22.3. The van der Waals surface area contributed by atoms with Gasteiger partial charge in [-0.1, -0.05) is 31.7 Å². The quantitative estimate of drug-likeness (QED) is 0.569. The molecule has 5 nitrogen and oxygen atoms in total. The fourth-order valence-corrected chi connectivity index (χ4v) is 7.92. The van der Waals surface area contributed by atoms with Gasteiger partial charge >= 0.3 is 0 Å². The van der Waals surface area contributed by atoms with E-state index in [-0.39, 0.29) is 18.4 Å². The van der Waals surface area contributed by atoms with Crippen LogP contribution in [0.4, 0.5) is 8.78 Å². The van der Waals surface area contributed by atoms with Crippen LogP contribution in [0, 0.1) is 28.6 Å². The molecule has 166 valence electrons. The third kappa shape index (κ3) is 2.39. The SMILES string of the molecule is C[C@@H]1C[C@H]2[C@@H]3C[C@H](F)C4=CC(=O)C=C[C@]4(C)[C@@]3(F)[C@@H](O)C[C@]2(C)[C@]1(O)C(=O)SCO. The van der Waals surface area contributed by atoms with Crippen molar-refractivity contribution in [1.29, 1.82) is 0 Å². The van der Waals surface area contributed by atoms with E-state index in [9.17, 15) is 24.9 Å². The van der Waals surface area contributed by atoms with E-state index in [1.807, 2.05) is 0 Å². The molecule has 4 rings (SSSR count). The first-order valence-electron chi connectivity index (χ1n) is 10.3. The Bertz CT molecular complexity index is 860. The predicted molar refractivity (Wildman–Crippen MR) is 108 cm³/mol. The van der Waals surface area contributed by atoms with Crippen molar-refractivity contribution < 1.29 is 33.7 Å². The van der Waals surface area contributed by atoms with E-state index < -0.39 is 69.0 Å². The minimum Gasteiger partial charge on any atom is -0.390 e. The molecule has 3 saturated carbocycles. The smallest absolute Gasteiger partial charge is 0.223 e. The third-order valence-corrected chi connectivity index (χ3v) is 9.42. The molecule has 9 atom stereocenters. The lowest BCUT2D eigenvalue weighted by Gasteiger charge is -2.63. The highest BCUT2D eigenvalue weighted by molar-refractivity contribution is 8.13. The lowest BCUT2D eigenvalue weighted by atomic mass is 9.44. The number of ketones is 1. The number of halogens is 2. The van der Waals surface area contributed by atoms with Crippen LogP contribution in [0.25, 0.3) is 0 Å². The lowest BCUT2D eigenvalue weighted by molar-refractivity contribution is -0.221. The molecular formula is C22H28F2O5S. The van der Waals surface area contributed by atoms with E-state index in [1.54, 1.807) is 13.8 Å². The summed E-state index contributed by atoms with van der Waals surface area (Å²) in [5.74, 6) is -2.93. The van der Waals surface area contributed by atoms with Crippen LogP contribution >= 0.6 is 11.8 Å². The van der Waals surface area contributed by atoms with Crippen LogP contribution in [0.15, 0.2) is 23.8 Å². The number of carbonyl (C=O) groups is 2. The second kappa shape index (κ2) is 6.70. The minimum absolute atomic E-state index is 0.0459. The number of aliphatic hydroxyl groups is 3. The Morgan fingerprint density at radius 3 is 2.60 bits per heavy atom. The first kappa shape index (κ1) is 22.1. The fraction of sp³-hybridized carbons (Fsp3) is 0.727. The molecule has 3 N–H and O–H groups in total. The predicted octanol–water partition coefficient (Wildman–Crippen LogP) is 2.49. The van der Waals surface area contributed by atoms with Crippen molar-refractivity contribution in [1.82, 2.24) is 0 Å². The summed E-state index contributed by atoms with van der Waals surface area (Å²) in [6.45, 7) is 4.89. The number of alkyl halides is 2. The van der Waals surface area contributed by atoms with Gasteiger partial charge in [0.15, 0.2) is 11.5 Å². The summed E-state index contributed by atoms with van der Waals surface area (Å²) in [7, 11) is 0. The molecule has 0 spiro atoms. The monoisotopic (exact) mass is 442 g/mol. The molecule has 30 heavy (non-hydrogen) atoms. The van der Waals surface area contributed by atoms with Gasteiger partial charge in [0.1, 0.15) is 11.8 Å². The molecule has 0 amide bonds. The van der Waals surface area contributed by atoms with Crippen molar-refractivity contribution in [3.8, 4) is 0 Å². The second-order valence-corrected chi connectivity index (χ2v) is 10.7. The van der Waals surface area contributed by atoms with Gasteiger partial charge in [-0.2, -0.15) is 0 Å². The van der Waals surface area contributed by atoms with E-state index in [0.717, 1.165) is 6.08 Å². The summed E-state index contributed by atoms with van der Waals surface area (Å²) < 4.78 is 32.2. The van der Waals surface area contributed by atoms with Crippen molar-refractivity contribution >= 4 is 22.7 Å². The molecule has 3 fully saturated rings. The number of carbonyl (C=O) groups excluding carboxylic acids is 2. The van der Waals surface area contributed by atoms with Gasteiger partial charge in [0, 0.05) is 16.7 Å². The molecular weight excluding hydrogens is 414 g/mol. The number of allylic oxidation sites excluding steroid dienone is 4. The van der Waals surface area contributed by atoms with Crippen LogP contribution in [0.2, 0.25) is 0 Å². The van der Waals surface area contributed by atoms with E-state index >= 15 is 8.78 Å². The Hall–Kier alpha value is -1.09. The molecule has 0 bridgehead atoms. The number of aliphatic hydroxyl groups excluding tert-OH is 2. The Labute approximate surface area is 178 Å². The normalized spacial score (nSPS) is 52.3. The summed E-state index contributed by atoms with van der Waals surface area (Å²) in [6.07, 6.45) is 0.508. The zero-order valence-electron chi connectivity index (χ0n) is 17.3. The molecule has 0 saturated heterocycles. The Morgan fingerprint density at radius 2 is 1.97 bits per heavy atom. The maximum absolute atomic E-state index is 16.9. The highest BCUT2D eigenvalue weighted by Crippen LogP contribution is 2.71. The topological polar surface area (TPSA) is 94.8 Å². The van der Waals surface area contributed by atoms with Crippen molar-refractivity contribution in [2.24, 2.45) is 28.6 Å². The Morgan fingerprint density at radius 1 is 1.30 bits per heavy atom. The van der Waals surface area contributed by atoms with Crippen molar-refractivity contribution in [2.45, 2.75) is 63.6 Å². The van der Waals surface area contributed by atoms with E-state index in [1.165, 1.54) is 19.1 Å². The summed E-state index contributed by atoms with van der Waals surface area (Å²) in [5, 5.41) is 31.3. The summed E-state index contributed by atoms with van der Waals surface area (Å²) in [5.41, 5.74) is -6.71. The van der Waals surface area contributed by atoms with Crippen LogP contribution in [-0.4, -0.2) is 55.7 Å². The minimum atomic E-state index is -2.24. The highest BCUT2D eigenvalue weighted by Gasteiger charge is 2.76. The maximum atomic E-state index is 16.9. The van der Waals surface area contributed by atoms with Crippen LogP contribution < -0.4 is 0 Å². The van der Waals surface area contributed by atoms with E-state index in [0.29, 0.717) is 18.2 Å². The zero-order valence-corrected chi connectivity index (χ0v) is 18.1. The van der Waals surface area contributed by atoms with Crippen molar-refractivity contribution in [3.63, 3.8) is 0 Å². The number of thioether (sulfide) groups is 1. The molecule has 4 aliphatic rings. The molecule has 0 aromatic carbocycles. The van der Waals surface area contributed by atoms with Crippen LogP contribution in [0.1, 0.15) is 40.0 Å². The number of rotatable bonds is 2. The second-order valence-electron chi connectivity index (χ2n) is 9.82. The van der Waals surface area contributed by atoms with E-state index in [4.69, 9.17) is 0 Å². The van der Waals surface area contributed by atoms with Gasteiger partial charge in [-0.05, 0) is 55.7 Å². The third-order valence-electron chi connectivity index (χ3n) is 8.72. The van der Waals surface area contributed by atoms with Gasteiger partial charge in [-0.3, -0.25) is 9.59 Å². The van der Waals surface area contributed by atoms with Crippen LogP contribution in [0.3, 0.4) is 0 Å². The Balaban J connectivity index is 1.84. The molecule has 0 aromatic heterocycles. The molecule has 0 aliphatic heterocycles. The van der Waals surface area contributed by atoms with Gasteiger partial charge in [-0.25, -0.2) is 8.78 Å². The molecule has 4 aliphatic carbocycles. The number of hydrogen-bond donors (Lipinski definition) is 3. The van der Waals surface area contributed by atoms with Crippen molar-refractivity contribution in [3.05, 3.63) is 23.8 Å². The summed E-state index contributed by atoms with van der Waals surface area (Å²) >= 11 is 0.593. The molecule has 0 unspecified atom stereocenters. The van der Waals surface area contributed by atoms with Crippen LogP contribution in [0.5, 0.6) is 0 Å². The van der Waals surface area contributed by atoms with Gasteiger partial charge in [0.05, 0.1) is 12.0 Å². The molecule has 8 heteroatoms. The number of fused-ring (bicyclic) bond motifs is 5. The Kier molecular flexibility index (Phi) is 4.94. The highest BCUT2D eigenvalue weighted by atomic mass is 32.2. The van der Waals surface area contributed by atoms with Gasteiger partial charge in [0.2, 0.25) is 5.12 Å². The average molecular weight is 443 g/mol. The maximum Gasteiger partial charge on any atom is 0.223 e. The summed E-state index contributed by atoms with van der Waals surface area (Å²) in [4.78, 5) is 24.7. The molecule has 0 heterocycles. The number of hydrogen-bond acceptors (Lipinski definition) is 6. The van der Waals surface area contributed by atoms with E-state index in [2.05, 4.69) is 0 Å².